The minimum atomic E-state index is 0.437. The third-order valence-corrected chi connectivity index (χ3v) is 4.29. The van der Waals surface area contributed by atoms with Crippen LogP contribution in [0.2, 0.25) is 0 Å². The Morgan fingerprint density at radius 3 is 2.88 bits per heavy atom. The summed E-state index contributed by atoms with van der Waals surface area (Å²) in [4.78, 5) is 10.2. The van der Waals surface area contributed by atoms with Crippen molar-refractivity contribution in [1.29, 1.82) is 0 Å². The van der Waals surface area contributed by atoms with Crippen molar-refractivity contribution in [2.24, 2.45) is 0 Å². The predicted molar refractivity (Wildman–Crippen MR) is 63.7 cm³/mol. The summed E-state index contributed by atoms with van der Waals surface area (Å²) in [6.07, 6.45) is 3.07. The molecule has 0 atom stereocenters. The van der Waals surface area contributed by atoms with Crippen molar-refractivity contribution in [3.63, 3.8) is 0 Å². The summed E-state index contributed by atoms with van der Waals surface area (Å²) in [6, 6.07) is 0. The smallest absolute Gasteiger partial charge is 0.141 e. The van der Waals surface area contributed by atoms with Gasteiger partial charge in [-0.3, -0.25) is 0 Å². The number of thioether (sulfide) groups is 1. The standard InChI is InChI=1S/C11H15N3OS/c12-10-9-8(3-6-16-9)13-11(14-10)7-1-4-15-5-2-7/h7H,1-6H2,(H2,12,13,14). The lowest BCUT2D eigenvalue weighted by molar-refractivity contribution is 0.0835. The van der Waals surface area contributed by atoms with Gasteiger partial charge in [-0.15, -0.1) is 11.8 Å². The number of aromatic nitrogens is 2. The number of nitrogens with zero attached hydrogens (tertiary/aromatic N) is 2. The minimum absolute atomic E-state index is 0.437. The molecule has 0 spiro atoms. The van der Waals surface area contributed by atoms with Gasteiger partial charge in [0.15, 0.2) is 0 Å². The van der Waals surface area contributed by atoms with E-state index >= 15 is 0 Å². The molecule has 3 heterocycles. The van der Waals surface area contributed by atoms with Crippen LogP contribution in [0, 0.1) is 0 Å². The molecule has 3 rings (SSSR count). The summed E-state index contributed by atoms with van der Waals surface area (Å²) in [6.45, 7) is 1.64. The van der Waals surface area contributed by atoms with Gasteiger partial charge >= 0.3 is 0 Å². The van der Waals surface area contributed by atoms with Crippen molar-refractivity contribution >= 4 is 17.6 Å². The first-order valence-corrected chi connectivity index (χ1v) is 6.70. The topological polar surface area (TPSA) is 61.0 Å². The van der Waals surface area contributed by atoms with Crippen LogP contribution < -0.4 is 5.73 Å². The lowest BCUT2D eigenvalue weighted by atomic mass is 9.99. The maximum absolute atomic E-state index is 5.98. The Labute approximate surface area is 99.0 Å². The van der Waals surface area contributed by atoms with Gasteiger partial charge in [-0.05, 0) is 12.8 Å². The number of rotatable bonds is 1. The fraction of sp³-hybridized carbons (Fsp3) is 0.636. The van der Waals surface area contributed by atoms with Crippen molar-refractivity contribution < 1.29 is 4.74 Å². The first kappa shape index (κ1) is 10.4. The van der Waals surface area contributed by atoms with Crippen LogP contribution in [0.1, 0.15) is 30.3 Å². The van der Waals surface area contributed by atoms with Crippen LogP contribution >= 0.6 is 11.8 Å². The molecular weight excluding hydrogens is 222 g/mol. The lowest BCUT2D eigenvalue weighted by Crippen LogP contribution is -2.17. The van der Waals surface area contributed by atoms with E-state index in [0.29, 0.717) is 11.7 Å². The quantitative estimate of drug-likeness (QED) is 0.804. The van der Waals surface area contributed by atoms with Crippen LogP contribution in [0.15, 0.2) is 4.90 Å². The van der Waals surface area contributed by atoms with Gasteiger partial charge in [0.1, 0.15) is 11.6 Å². The average molecular weight is 237 g/mol. The maximum atomic E-state index is 5.98. The normalized spacial score (nSPS) is 21.0. The van der Waals surface area contributed by atoms with Gasteiger partial charge in [-0.1, -0.05) is 0 Å². The highest BCUT2D eigenvalue weighted by molar-refractivity contribution is 7.99. The zero-order chi connectivity index (χ0) is 11.0. The van der Waals surface area contributed by atoms with Crippen molar-refractivity contribution in [3.05, 3.63) is 11.5 Å². The molecule has 0 aliphatic carbocycles. The molecule has 0 unspecified atom stereocenters. The van der Waals surface area contributed by atoms with E-state index < -0.39 is 0 Å². The number of aryl methyl sites for hydroxylation is 1. The number of hydrogen-bond donors (Lipinski definition) is 1. The SMILES string of the molecule is Nc1nc(C2CCOCC2)nc2c1SCC2. The van der Waals surface area contributed by atoms with Gasteiger partial charge < -0.3 is 10.5 Å². The molecule has 1 aromatic heterocycles. The van der Waals surface area contributed by atoms with E-state index in [1.165, 1.54) is 0 Å². The van der Waals surface area contributed by atoms with E-state index in [1.807, 2.05) is 0 Å². The molecule has 2 aliphatic rings. The monoisotopic (exact) mass is 237 g/mol. The molecule has 16 heavy (non-hydrogen) atoms. The third-order valence-electron chi connectivity index (χ3n) is 3.15. The van der Waals surface area contributed by atoms with Crippen LogP contribution in [0.5, 0.6) is 0 Å². The Hall–Kier alpha value is -0.810. The first-order valence-electron chi connectivity index (χ1n) is 5.71. The number of anilines is 1. The zero-order valence-electron chi connectivity index (χ0n) is 9.11. The van der Waals surface area contributed by atoms with E-state index in [0.717, 1.165) is 54.6 Å². The average Bonchev–Trinajstić information content (AvgIpc) is 2.79. The molecule has 0 radical (unpaired) electrons. The number of ether oxygens (including phenoxy) is 1. The molecule has 1 fully saturated rings. The Bertz CT molecular complexity index is 404. The van der Waals surface area contributed by atoms with E-state index in [-0.39, 0.29) is 0 Å². The molecule has 86 valence electrons. The molecule has 2 aliphatic heterocycles. The molecule has 2 N–H and O–H groups in total. The first-order chi connectivity index (χ1) is 7.84. The summed E-state index contributed by atoms with van der Waals surface area (Å²) in [7, 11) is 0. The van der Waals surface area contributed by atoms with Gasteiger partial charge in [0.05, 0.1) is 10.6 Å². The molecule has 5 heteroatoms. The van der Waals surface area contributed by atoms with E-state index in [4.69, 9.17) is 10.5 Å². The Morgan fingerprint density at radius 2 is 2.06 bits per heavy atom. The van der Waals surface area contributed by atoms with Crippen molar-refractivity contribution in [2.45, 2.75) is 30.1 Å². The Kier molecular flexibility index (Phi) is 2.73. The second kappa shape index (κ2) is 4.22. The summed E-state index contributed by atoms with van der Waals surface area (Å²) in [5.74, 6) is 3.13. The molecular formula is C11H15N3OS. The number of fused-ring (bicyclic) bond motifs is 1. The highest BCUT2D eigenvalue weighted by atomic mass is 32.2. The molecule has 0 bridgehead atoms. The van der Waals surface area contributed by atoms with Crippen LogP contribution in [-0.4, -0.2) is 28.9 Å². The largest absolute Gasteiger partial charge is 0.383 e. The Balaban J connectivity index is 1.92. The van der Waals surface area contributed by atoms with Crippen LogP contribution in [0.25, 0.3) is 0 Å². The molecule has 4 nitrogen and oxygen atoms in total. The van der Waals surface area contributed by atoms with Gasteiger partial charge in [0.2, 0.25) is 0 Å². The van der Waals surface area contributed by atoms with Crippen molar-refractivity contribution in [2.75, 3.05) is 24.7 Å². The number of nitrogen functional groups attached to an aromatic ring is 1. The predicted octanol–water partition coefficient (Wildman–Crippen LogP) is 1.60. The maximum Gasteiger partial charge on any atom is 0.141 e. The molecule has 0 amide bonds. The summed E-state index contributed by atoms with van der Waals surface area (Å²) in [5, 5.41) is 0. The Morgan fingerprint density at radius 1 is 1.25 bits per heavy atom. The second-order valence-corrected chi connectivity index (χ2v) is 5.33. The summed E-state index contributed by atoms with van der Waals surface area (Å²) in [5.41, 5.74) is 7.13. The second-order valence-electron chi connectivity index (χ2n) is 4.23. The summed E-state index contributed by atoms with van der Waals surface area (Å²) < 4.78 is 5.35. The highest BCUT2D eigenvalue weighted by Crippen LogP contribution is 2.35. The van der Waals surface area contributed by atoms with Gasteiger partial charge in [-0.25, -0.2) is 9.97 Å². The van der Waals surface area contributed by atoms with E-state index in [1.54, 1.807) is 11.8 Å². The molecule has 0 aromatic carbocycles. The molecule has 0 saturated carbocycles. The van der Waals surface area contributed by atoms with Crippen molar-refractivity contribution in [1.82, 2.24) is 9.97 Å². The lowest BCUT2D eigenvalue weighted by Gasteiger charge is -2.21. The number of nitrogens with two attached hydrogens (primary N) is 1. The van der Waals surface area contributed by atoms with E-state index in [2.05, 4.69) is 9.97 Å². The van der Waals surface area contributed by atoms with Gasteiger partial charge in [0, 0.05) is 31.3 Å². The molecule has 1 aromatic rings. The number of hydrogen-bond acceptors (Lipinski definition) is 5. The van der Waals surface area contributed by atoms with Gasteiger partial charge in [-0.2, -0.15) is 0 Å². The summed E-state index contributed by atoms with van der Waals surface area (Å²) >= 11 is 1.78. The third kappa shape index (κ3) is 1.78. The minimum Gasteiger partial charge on any atom is -0.383 e. The fourth-order valence-electron chi connectivity index (χ4n) is 2.25. The highest BCUT2D eigenvalue weighted by Gasteiger charge is 2.23. The fourth-order valence-corrected chi connectivity index (χ4v) is 3.26. The molecule has 1 saturated heterocycles. The van der Waals surface area contributed by atoms with Gasteiger partial charge in [0.25, 0.3) is 0 Å². The van der Waals surface area contributed by atoms with Crippen LogP contribution in [0.4, 0.5) is 5.82 Å². The van der Waals surface area contributed by atoms with Crippen LogP contribution in [0.3, 0.4) is 0 Å². The van der Waals surface area contributed by atoms with E-state index in [9.17, 15) is 0 Å². The van der Waals surface area contributed by atoms with Crippen molar-refractivity contribution in [3.8, 4) is 0 Å². The zero-order valence-corrected chi connectivity index (χ0v) is 9.92. The van der Waals surface area contributed by atoms with Crippen LogP contribution in [-0.2, 0) is 11.2 Å².